The molecule has 0 amide bonds. The molecule has 2 aromatic carbocycles. The van der Waals surface area contributed by atoms with Gasteiger partial charge in [0.05, 0.1) is 42.5 Å². The lowest BCUT2D eigenvalue weighted by molar-refractivity contribution is 0.0786. The zero-order chi connectivity index (χ0) is 57.2. The summed E-state index contributed by atoms with van der Waals surface area (Å²) in [7, 11) is 0.914. The number of fused-ring (bicyclic) bond motifs is 2. The van der Waals surface area contributed by atoms with Crippen molar-refractivity contribution < 1.29 is 24.1 Å². The molecule has 430 valence electrons. The number of imidazole rings is 2. The minimum Gasteiger partial charge on any atom is -0.497 e. The number of hydrogen-bond donors (Lipinski definition) is 7. The number of hydrogen-bond acceptors (Lipinski definition) is 15. The lowest BCUT2D eigenvalue weighted by Gasteiger charge is -2.16. The molecule has 0 radical (unpaired) electrons. The normalized spacial score (nSPS) is 11.4. The van der Waals surface area contributed by atoms with Crippen LogP contribution in [0.2, 0.25) is 51.4 Å². The molecule has 24 heteroatoms. The van der Waals surface area contributed by atoms with E-state index < -0.39 is 16.1 Å². The highest BCUT2D eigenvalue weighted by Gasteiger charge is 2.21. The van der Waals surface area contributed by atoms with E-state index in [9.17, 15) is 0 Å². The smallest absolute Gasteiger partial charge is 0.164 e. The second-order valence-electron chi connectivity index (χ2n) is 20.6. The van der Waals surface area contributed by atoms with Crippen LogP contribution in [0.1, 0.15) is 54.2 Å². The molecule has 7 N–H and O–H groups in total. The van der Waals surface area contributed by atoms with Gasteiger partial charge in [-0.05, 0) is 101 Å². The number of aromatic nitrogens is 10. The molecule has 0 aliphatic heterocycles. The van der Waals surface area contributed by atoms with Crippen LogP contribution in [0.15, 0.2) is 96.2 Å². The number of benzene rings is 2. The van der Waals surface area contributed by atoms with Gasteiger partial charge in [-0.1, -0.05) is 77.4 Å². The molecule has 0 bridgehead atoms. The van der Waals surface area contributed by atoms with Gasteiger partial charge in [-0.25, -0.2) is 14.6 Å². The highest BCUT2D eigenvalue weighted by Crippen LogP contribution is 2.31. The summed E-state index contributed by atoms with van der Waals surface area (Å²) >= 11 is 0. The van der Waals surface area contributed by atoms with Crippen molar-refractivity contribution in [1.29, 1.82) is 11.1 Å². The van der Waals surface area contributed by atoms with Gasteiger partial charge >= 0.3 is 0 Å². The number of halogens is 1. The van der Waals surface area contributed by atoms with Crippen molar-refractivity contribution in [1.82, 2.24) is 60.1 Å². The van der Waals surface area contributed by atoms with E-state index in [1.807, 2.05) is 84.2 Å². The maximum Gasteiger partial charge on any atom is 0.164 e. The fourth-order valence-electron chi connectivity index (χ4n) is 7.56. The Hall–Kier alpha value is -7.10. The summed E-state index contributed by atoms with van der Waals surface area (Å²) in [6.45, 7) is 25.9. The molecule has 0 atom stereocenters. The van der Waals surface area contributed by atoms with E-state index in [2.05, 4.69) is 133 Å². The van der Waals surface area contributed by atoms with Gasteiger partial charge in [0.25, 0.3) is 0 Å². The van der Waals surface area contributed by atoms with Gasteiger partial charge in [0, 0.05) is 103 Å². The maximum atomic E-state index is 7.57. The lowest BCUT2D eigenvalue weighted by atomic mass is 10.1. The van der Waals surface area contributed by atoms with Crippen LogP contribution in [0, 0.1) is 11.1 Å². The van der Waals surface area contributed by atoms with Crippen LogP contribution >= 0.6 is 12.4 Å². The second kappa shape index (κ2) is 33.5. The summed E-state index contributed by atoms with van der Waals surface area (Å²) in [6.07, 6.45) is 19.5. The predicted octanol–water partition coefficient (Wildman–Crippen LogP) is 12.2. The fourth-order valence-corrected chi connectivity index (χ4v) is 9.07. The number of aliphatic hydroxyl groups excluding tert-OH is 1. The molecule has 8 aromatic rings. The van der Waals surface area contributed by atoms with Crippen molar-refractivity contribution in [2.75, 3.05) is 47.1 Å². The average molecular weight is 1150 g/mol. The first-order valence-electron chi connectivity index (χ1n) is 26.4. The van der Waals surface area contributed by atoms with E-state index >= 15 is 0 Å². The van der Waals surface area contributed by atoms with E-state index in [-0.39, 0.29) is 19.0 Å². The molecule has 21 nitrogen and oxygen atoms in total. The third kappa shape index (κ3) is 21.2. The Labute approximate surface area is 477 Å². The summed E-state index contributed by atoms with van der Waals surface area (Å²) in [6, 6.07) is 18.2. The second-order valence-corrected chi connectivity index (χ2v) is 31.8. The van der Waals surface area contributed by atoms with Gasteiger partial charge in [-0.3, -0.25) is 19.6 Å². The number of aromatic amines is 2. The number of rotatable bonds is 25. The van der Waals surface area contributed by atoms with Crippen LogP contribution in [0.3, 0.4) is 0 Å². The van der Waals surface area contributed by atoms with Crippen molar-refractivity contribution in [3.05, 3.63) is 119 Å². The minimum atomic E-state index is -1.23. The summed E-state index contributed by atoms with van der Waals surface area (Å²) in [5, 5.41) is 31.0. The number of H-pyrrole nitrogens is 2. The van der Waals surface area contributed by atoms with Crippen LogP contribution in [-0.4, -0.2) is 118 Å². The molecule has 0 aliphatic rings. The summed E-state index contributed by atoms with van der Waals surface area (Å²) in [5.41, 5.74) is 22.9. The summed E-state index contributed by atoms with van der Waals surface area (Å²) in [5.74, 6) is 3.05. The number of nitrogens with zero attached hydrogens (tertiary/aromatic N) is 10. The molecule has 0 aliphatic carbocycles. The number of methoxy groups -OCH3 is 2. The van der Waals surface area contributed by atoms with Crippen LogP contribution in [0.4, 0.5) is 0 Å². The van der Waals surface area contributed by atoms with Crippen molar-refractivity contribution in [3.8, 4) is 34.5 Å². The zero-order valence-corrected chi connectivity index (χ0v) is 50.9. The minimum absolute atomic E-state index is 0. The average Bonchev–Trinajstić information content (AvgIpc) is 4.40. The summed E-state index contributed by atoms with van der Waals surface area (Å²) in [4.78, 5) is 21.8. The standard InChI is InChI=1S/C33H50N6O3Si2.C21H22N6O.C2H6O.ClH.H2N4/c1-9-34-21-27-18-26(20-35-22-27)10-11-28-23-38(24-41-14-16-43(3,4)5)37-32(28)33-36-30-13-12-29(40-2)19-31(30)39(33)25-42-15-17-44(6,7)8;1-3-22-11-15-8-14(10-23-12-15)4-5-16-13-24-27-20(16)21-25-18-7-6-17(28-2)9-19(18)26-21;1-2-3;;1-3-4-2/h10-13,18-20,22-23,34H,9,14-17,21,24-25H2,1-8H3;4-10,12-13,22H,3,11H2,1-2H3,(H,24,27)(H,25,26);3H,2H2,1H3;1H;1-2H/b11-10+;5-4+;;;. The number of pyridine rings is 2. The van der Waals surface area contributed by atoms with Crippen molar-refractivity contribution in [2.45, 2.75) is 98.7 Å². The zero-order valence-electron chi connectivity index (χ0n) is 48.1. The largest absolute Gasteiger partial charge is 0.497 e. The van der Waals surface area contributed by atoms with E-state index in [1.165, 1.54) is 0 Å². The summed E-state index contributed by atoms with van der Waals surface area (Å²) < 4.78 is 27.2. The molecule has 0 saturated carbocycles. The van der Waals surface area contributed by atoms with Crippen LogP contribution < -0.4 is 20.1 Å². The first-order valence-corrected chi connectivity index (χ1v) is 33.8. The van der Waals surface area contributed by atoms with Crippen molar-refractivity contribution in [2.24, 2.45) is 10.4 Å². The Morgan fingerprint density at radius 3 is 1.79 bits per heavy atom. The van der Waals surface area contributed by atoms with E-state index in [4.69, 9.17) is 45.2 Å². The van der Waals surface area contributed by atoms with Gasteiger partial charge in [-0.15, -0.1) is 12.4 Å². The van der Waals surface area contributed by atoms with Gasteiger partial charge in [-0.2, -0.15) is 21.3 Å². The number of ether oxygens (including phenoxy) is 4. The van der Waals surface area contributed by atoms with Crippen LogP contribution in [-0.2, 0) is 36.0 Å². The Bertz CT molecular complexity index is 3190. The molecule has 80 heavy (non-hydrogen) atoms. The molecule has 0 unspecified atom stereocenters. The molecule has 8 rings (SSSR count). The Morgan fingerprint density at radius 1 is 0.688 bits per heavy atom. The highest BCUT2D eigenvalue weighted by molar-refractivity contribution is 6.76. The molecule has 6 heterocycles. The Kier molecular flexibility index (Phi) is 27.4. The molecule has 0 fully saturated rings. The third-order valence-corrected chi connectivity index (χ3v) is 15.1. The van der Waals surface area contributed by atoms with E-state index in [0.717, 1.165) is 135 Å². The first-order chi connectivity index (χ1) is 38.0. The van der Waals surface area contributed by atoms with Crippen molar-refractivity contribution >= 4 is 74.9 Å². The molecule has 0 saturated heterocycles. The monoisotopic (exact) mass is 1150 g/mol. The van der Waals surface area contributed by atoms with Gasteiger partial charge in [0.1, 0.15) is 36.3 Å². The molecule has 0 spiro atoms. The predicted molar refractivity (Wildman–Crippen MR) is 327 cm³/mol. The van der Waals surface area contributed by atoms with Gasteiger partial charge in [0.2, 0.25) is 0 Å². The van der Waals surface area contributed by atoms with Crippen molar-refractivity contribution in [3.63, 3.8) is 0 Å². The number of nitrogens with one attached hydrogen (secondary N) is 6. The van der Waals surface area contributed by atoms with Gasteiger partial charge in [0.15, 0.2) is 11.6 Å². The van der Waals surface area contributed by atoms with Crippen LogP contribution in [0.25, 0.3) is 69.4 Å². The maximum absolute atomic E-state index is 7.57. The topological polar surface area (TPSA) is 272 Å². The highest BCUT2D eigenvalue weighted by atomic mass is 35.5. The van der Waals surface area contributed by atoms with E-state index in [0.29, 0.717) is 20.1 Å². The Morgan fingerprint density at radius 2 is 1.24 bits per heavy atom. The third-order valence-electron chi connectivity index (χ3n) is 11.7. The molecular weight excluding hydrogens is 1070 g/mol. The van der Waals surface area contributed by atoms with E-state index in [1.54, 1.807) is 27.3 Å². The lowest BCUT2D eigenvalue weighted by Crippen LogP contribution is -2.22. The quantitative estimate of drug-likeness (QED) is 0.0122. The number of aliphatic hydroxyl groups is 1. The molecule has 6 aromatic heterocycles. The van der Waals surface area contributed by atoms with Gasteiger partial charge < -0.3 is 39.7 Å². The molecular formula is C56H81ClN16O5Si2. The van der Waals surface area contributed by atoms with Crippen LogP contribution in [0.5, 0.6) is 11.5 Å². The Balaban J connectivity index is 0.000000327. The fraction of sp³-hybridized carbons (Fsp3) is 0.393. The SMILES string of the molecule is CCNCc1cncc(/C=C/c2cn(COCC[Si](C)(C)C)nc2-c2nc3ccc(OC)cc3n2COCC[Si](C)(C)C)c1.CCNCc1cncc(/C=C/c2cn[nH]c2-c2nc3ccc(OC)cc3[nH]2)c1.CCO.Cl.N=NN=N. The first kappa shape index (κ1) is 65.4.